The third kappa shape index (κ3) is 3.02. The van der Waals surface area contributed by atoms with Crippen LogP contribution in [-0.2, 0) is 16.0 Å². The molecule has 1 unspecified atom stereocenters. The normalized spacial score (nSPS) is 16.6. The zero-order valence-corrected chi connectivity index (χ0v) is 14.1. The van der Waals surface area contributed by atoms with Gasteiger partial charge in [0.1, 0.15) is 11.8 Å². The van der Waals surface area contributed by atoms with Gasteiger partial charge >= 0.3 is 5.97 Å². The van der Waals surface area contributed by atoms with Crippen molar-refractivity contribution in [2.24, 2.45) is 10.8 Å². The summed E-state index contributed by atoms with van der Waals surface area (Å²) >= 11 is 0. The van der Waals surface area contributed by atoms with E-state index in [4.69, 9.17) is 10.2 Å². The van der Waals surface area contributed by atoms with Gasteiger partial charge in [-0.3, -0.25) is 9.59 Å². The highest BCUT2D eigenvalue weighted by Gasteiger charge is 2.27. The summed E-state index contributed by atoms with van der Waals surface area (Å²) in [5, 5.41) is 14.1. The topological polar surface area (TPSA) is 134 Å². The maximum Gasteiger partial charge on any atom is 0.320 e. The van der Waals surface area contributed by atoms with E-state index < -0.39 is 12.0 Å². The Hall–Kier alpha value is -3.65. The fourth-order valence-corrected chi connectivity index (χ4v) is 3.09. The number of para-hydroxylation sites is 1. The van der Waals surface area contributed by atoms with Gasteiger partial charge in [-0.25, -0.2) is 5.43 Å². The number of nitrogens with one attached hydrogen (secondary N) is 2. The van der Waals surface area contributed by atoms with E-state index in [2.05, 4.69) is 15.5 Å². The van der Waals surface area contributed by atoms with Crippen LogP contribution < -0.4 is 11.2 Å². The lowest BCUT2D eigenvalue weighted by Gasteiger charge is -2.07. The molecule has 2 aromatic heterocycles. The lowest BCUT2D eigenvalue weighted by Crippen LogP contribution is -2.32. The van der Waals surface area contributed by atoms with Crippen LogP contribution in [0.3, 0.4) is 0 Å². The van der Waals surface area contributed by atoms with Crippen LogP contribution in [0, 0.1) is 0 Å². The van der Waals surface area contributed by atoms with Crippen LogP contribution in [0.25, 0.3) is 17.0 Å². The van der Waals surface area contributed by atoms with E-state index in [0.29, 0.717) is 22.7 Å². The van der Waals surface area contributed by atoms with Crippen LogP contribution >= 0.6 is 0 Å². The second-order valence-electron chi connectivity index (χ2n) is 6.15. The number of furan rings is 1. The van der Waals surface area contributed by atoms with Crippen molar-refractivity contribution in [3.8, 4) is 0 Å². The summed E-state index contributed by atoms with van der Waals surface area (Å²) < 4.78 is 5.35. The fraction of sp³-hybridized carbons (Fsp3) is 0.105. The Labute approximate surface area is 153 Å². The molecule has 3 aromatic rings. The van der Waals surface area contributed by atoms with Gasteiger partial charge in [-0.05, 0) is 29.8 Å². The second kappa shape index (κ2) is 6.58. The molecule has 136 valence electrons. The third-order valence-corrected chi connectivity index (χ3v) is 4.40. The second-order valence-corrected chi connectivity index (χ2v) is 6.15. The first-order chi connectivity index (χ1) is 13.0. The quantitative estimate of drug-likeness (QED) is 0.511. The van der Waals surface area contributed by atoms with Crippen molar-refractivity contribution < 1.29 is 19.1 Å². The number of aromatic nitrogens is 1. The Morgan fingerprint density at radius 3 is 2.85 bits per heavy atom. The molecule has 3 heterocycles. The molecule has 0 spiro atoms. The first-order valence-corrected chi connectivity index (χ1v) is 8.26. The molecule has 8 heteroatoms. The molecular weight excluding hydrogens is 348 g/mol. The number of hydrogen-bond donors (Lipinski definition) is 4. The number of hydrogen-bond acceptors (Lipinski definition) is 5. The van der Waals surface area contributed by atoms with Gasteiger partial charge < -0.3 is 20.2 Å². The van der Waals surface area contributed by atoms with E-state index in [1.165, 1.54) is 6.26 Å². The van der Waals surface area contributed by atoms with E-state index in [-0.39, 0.29) is 12.3 Å². The van der Waals surface area contributed by atoms with Gasteiger partial charge in [0.25, 0.3) is 5.91 Å². The van der Waals surface area contributed by atoms with Crippen molar-refractivity contribution in [2.75, 3.05) is 0 Å². The van der Waals surface area contributed by atoms with Crippen molar-refractivity contribution in [1.29, 1.82) is 0 Å². The first-order valence-electron chi connectivity index (χ1n) is 8.26. The Morgan fingerprint density at radius 1 is 1.30 bits per heavy atom. The van der Waals surface area contributed by atoms with Crippen LogP contribution in [0.5, 0.6) is 0 Å². The summed E-state index contributed by atoms with van der Waals surface area (Å²) in [4.78, 5) is 26.7. The molecule has 0 bridgehead atoms. The van der Waals surface area contributed by atoms with E-state index in [1.807, 2.05) is 24.3 Å². The van der Waals surface area contributed by atoms with Crippen molar-refractivity contribution in [3.05, 3.63) is 65.3 Å². The Kier molecular flexibility index (Phi) is 4.09. The Balaban J connectivity index is 1.83. The number of hydrazone groups is 1. The standard InChI is InChI=1S/C19H16N4O4/c20-13(19(25)26)8-11-10-4-1-2-5-14(10)21-15(11)9-12-17(22-23-18(12)24)16-6-3-7-27-16/h1-7,9,13,21H,8,20H2,(H,23,24)(H,25,26). The van der Waals surface area contributed by atoms with Gasteiger partial charge in [0, 0.05) is 23.0 Å². The first kappa shape index (κ1) is 16.8. The number of fused-ring (bicyclic) bond motifs is 1. The molecule has 1 amide bonds. The minimum absolute atomic E-state index is 0.118. The van der Waals surface area contributed by atoms with Crippen LogP contribution in [0.1, 0.15) is 17.0 Å². The average molecular weight is 364 g/mol. The van der Waals surface area contributed by atoms with Crippen LogP contribution in [0.2, 0.25) is 0 Å². The number of carbonyl (C=O) groups excluding carboxylic acids is 1. The summed E-state index contributed by atoms with van der Waals surface area (Å²) in [6, 6.07) is 9.85. The number of amides is 1. The molecule has 0 fully saturated rings. The van der Waals surface area contributed by atoms with Gasteiger partial charge in [-0.1, -0.05) is 18.2 Å². The highest BCUT2D eigenvalue weighted by molar-refractivity contribution is 6.32. The molecule has 5 N–H and O–H groups in total. The number of carbonyl (C=O) groups is 2. The summed E-state index contributed by atoms with van der Waals surface area (Å²) in [5.41, 5.74) is 11.1. The Morgan fingerprint density at radius 2 is 2.11 bits per heavy atom. The summed E-state index contributed by atoms with van der Waals surface area (Å²) in [5.74, 6) is -0.997. The van der Waals surface area contributed by atoms with Crippen LogP contribution in [0.4, 0.5) is 0 Å². The van der Waals surface area contributed by atoms with Gasteiger partial charge in [-0.15, -0.1) is 0 Å². The molecule has 1 aromatic carbocycles. The molecule has 0 saturated heterocycles. The number of nitrogens with two attached hydrogens (primary N) is 1. The molecule has 0 saturated carbocycles. The number of carboxylic acid groups (broad SMARTS) is 1. The Bertz CT molecular complexity index is 1090. The van der Waals surface area contributed by atoms with E-state index >= 15 is 0 Å². The summed E-state index contributed by atoms with van der Waals surface area (Å²) in [6.45, 7) is 0. The average Bonchev–Trinajstić information content (AvgIpc) is 3.36. The molecule has 8 nitrogen and oxygen atoms in total. The minimum Gasteiger partial charge on any atom is -0.480 e. The predicted molar refractivity (Wildman–Crippen MR) is 99.0 cm³/mol. The largest absolute Gasteiger partial charge is 0.480 e. The van der Waals surface area contributed by atoms with Gasteiger partial charge in [0.15, 0.2) is 5.76 Å². The number of aliphatic carboxylic acids is 1. The van der Waals surface area contributed by atoms with Crippen LogP contribution in [-0.4, -0.2) is 33.7 Å². The number of H-pyrrole nitrogens is 1. The third-order valence-electron chi connectivity index (χ3n) is 4.40. The number of rotatable bonds is 5. The zero-order valence-electron chi connectivity index (χ0n) is 14.1. The van der Waals surface area contributed by atoms with Crippen LogP contribution in [0.15, 0.2) is 57.8 Å². The monoisotopic (exact) mass is 364 g/mol. The molecule has 1 aliphatic heterocycles. The molecule has 1 atom stereocenters. The van der Waals surface area contributed by atoms with Crippen molar-refractivity contribution >= 4 is 34.6 Å². The van der Waals surface area contributed by atoms with Gasteiger partial charge in [0.2, 0.25) is 0 Å². The van der Waals surface area contributed by atoms with E-state index in [9.17, 15) is 14.7 Å². The van der Waals surface area contributed by atoms with Gasteiger partial charge in [-0.2, -0.15) is 5.10 Å². The predicted octanol–water partition coefficient (Wildman–Crippen LogP) is 1.63. The fourth-order valence-electron chi connectivity index (χ4n) is 3.09. The number of aromatic amines is 1. The molecule has 1 aliphatic rings. The van der Waals surface area contributed by atoms with E-state index in [1.54, 1.807) is 18.2 Å². The number of nitrogens with zero attached hydrogens (tertiary/aromatic N) is 1. The maximum absolute atomic E-state index is 12.3. The summed E-state index contributed by atoms with van der Waals surface area (Å²) in [6.07, 6.45) is 3.26. The maximum atomic E-state index is 12.3. The summed E-state index contributed by atoms with van der Waals surface area (Å²) in [7, 11) is 0. The van der Waals surface area contributed by atoms with E-state index in [0.717, 1.165) is 16.5 Å². The van der Waals surface area contributed by atoms with Gasteiger partial charge in [0.05, 0.1) is 11.8 Å². The zero-order chi connectivity index (χ0) is 19.0. The lowest BCUT2D eigenvalue weighted by atomic mass is 10.00. The SMILES string of the molecule is NC(Cc1c(C=C2C(=O)NN=C2c2ccco2)[nH]c2ccccc12)C(=O)O. The molecule has 0 aliphatic carbocycles. The van der Waals surface area contributed by atoms with Crippen molar-refractivity contribution in [2.45, 2.75) is 12.5 Å². The highest BCUT2D eigenvalue weighted by atomic mass is 16.4. The highest BCUT2D eigenvalue weighted by Crippen LogP contribution is 2.27. The number of carboxylic acids is 1. The molecule has 0 radical (unpaired) electrons. The smallest absolute Gasteiger partial charge is 0.320 e. The lowest BCUT2D eigenvalue weighted by molar-refractivity contribution is -0.138. The minimum atomic E-state index is -1.09. The van der Waals surface area contributed by atoms with Crippen molar-refractivity contribution in [3.63, 3.8) is 0 Å². The number of benzene rings is 1. The van der Waals surface area contributed by atoms with Crippen molar-refractivity contribution in [1.82, 2.24) is 10.4 Å². The molecular formula is C19H16N4O4. The molecule has 27 heavy (non-hydrogen) atoms. The molecule has 4 rings (SSSR count).